The molecule has 1 rings (SSSR count). The van der Waals surface area contributed by atoms with Gasteiger partial charge >= 0.3 is 5.97 Å². The molecule has 1 N–H and O–H groups in total. The number of carboxylic acids is 1. The van der Waals surface area contributed by atoms with E-state index in [2.05, 4.69) is 13.0 Å². The molecular formula is C16H26O3. The maximum atomic E-state index is 11.9. The van der Waals surface area contributed by atoms with Crippen molar-refractivity contribution in [3.63, 3.8) is 0 Å². The third-order valence-corrected chi connectivity index (χ3v) is 4.18. The zero-order valence-corrected chi connectivity index (χ0v) is 12.5. The molecule has 1 aliphatic rings. The average molecular weight is 266 g/mol. The van der Waals surface area contributed by atoms with Gasteiger partial charge in [-0.3, -0.25) is 4.79 Å². The van der Waals surface area contributed by atoms with Gasteiger partial charge in [-0.2, -0.15) is 0 Å². The van der Waals surface area contributed by atoms with E-state index in [1.165, 1.54) is 5.57 Å². The number of ether oxygens (including phenoxy) is 1. The van der Waals surface area contributed by atoms with Crippen molar-refractivity contribution >= 4 is 5.97 Å². The summed E-state index contributed by atoms with van der Waals surface area (Å²) in [6, 6.07) is 0. The molecule has 0 heterocycles. The lowest BCUT2D eigenvalue weighted by Crippen LogP contribution is -2.44. The van der Waals surface area contributed by atoms with Crippen LogP contribution in [0.1, 0.15) is 40.0 Å². The van der Waals surface area contributed by atoms with Crippen LogP contribution < -0.4 is 0 Å². The number of hydrogen-bond donors (Lipinski definition) is 1. The Kier molecular flexibility index (Phi) is 5.80. The Morgan fingerprint density at radius 1 is 1.53 bits per heavy atom. The SMILES string of the molecule is CCCC1=CC=CC(C(=O)O)(C(C)C)C1CCOC. The first-order chi connectivity index (χ1) is 9.00. The summed E-state index contributed by atoms with van der Waals surface area (Å²) >= 11 is 0. The fraction of sp³-hybridized carbons (Fsp3) is 0.688. The summed E-state index contributed by atoms with van der Waals surface area (Å²) in [4.78, 5) is 11.9. The smallest absolute Gasteiger partial charge is 0.314 e. The predicted molar refractivity (Wildman–Crippen MR) is 77.0 cm³/mol. The van der Waals surface area contributed by atoms with E-state index in [4.69, 9.17) is 4.74 Å². The van der Waals surface area contributed by atoms with Crippen LogP contribution in [0.3, 0.4) is 0 Å². The summed E-state index contributed by atoms with van der Waals surface area (Å²) in [5, 5.41) is 9.80. The number of carboxylic acid groups (broad SMARTS) is 1. The van der Waals surface area contributed by atoms with Crippen LogP contribution in [0.4, 0.5) is 0 Å². The summed E-state index contributed by atoms with van der Waals surface area (Å²) in [6.07, 6.45) is 8.64. The van der Waals surface area contributed by atoms with Crippen molar-refractivity contribution in [3.05, 3.63) is 23.8 Å². The molecule has 3 nitrogen and oxygen atoms in total. The lowest BCUT2D eigenvalue weighted by molar-refractivity contribution is -0.151. The third-order valence-electron chi connectivity index (χ3n) is 4.18. The first-order valence-corrected chi connectivity index (χ1v) is 7.11. The van der Waals surface area contributed by atoms with Crippen LogP contribution >= 0.6 is 0 Å². The molecule has 0 amide bonds. The lowest BCUT2D eigenvalue weighted by atomic mass is 9.61. The Hall–Kier alpha value is -1.09. The summed E-state index contributed by atoms with van der Waals surface area (Å²) in [5.74, 6) is -0.625. The quantitative estimate of drug-likeness (QED) is 0.765. The summed E-state index contributed by atoms with van der Waals surface area (Å²) < 4.78 is 5.18. The molecule has 0 saturated carbocycles. The van der Waals surface area contributed by atoms with Crippen LogP contribution in [0.5, 0.6) is 0 Å². The molecule has 0 radical (unpaired) electrons. The number of allylic oxidation sites excluding steroid dienone is 3. The number of hydrogen-bond acceptors (Lipinski definition) is 2. The number of rotatable bonds is 7. The molecule has 0 aromatic heterocycles. The predicted octanol–water partition coefficient (Wildman–Crippen LogP) is 3.66. The highest BCUT2D eigenvalue weighted by molar-refractivity contribution is 5.79. The van der Waals surface area contributed by atoms with E-state index in [1.807, 2.05) is 26.0 Å². The minimum absolute atomic E-state index is 0.0369. The van der Waals surface area contributed by atoms with Gasteiger partial charge in [-0.15, -0.1) is 0 Å². The molecule has 1 aliphatic carbocycles. The topological polar surface area (TPSA) is 46.5 Å². The number of aliphatic carboxylic acids is 1. The largest absolute Gasteiger partial charge is 0.481 e. The van der Waals surface area contributed by atoms with Crippen molar-refractivity contribution in [2.24, 2.45) is 17.3 Å². The van der Waals surface area contributed by atoms with Crippen LogP contribution in [-0.2, 0) is 9.53 Å². The van der Waals surface area contributed by atoms with Crippen molar-refractivity contribution in [1.29, 1.82) is 0 Å². The Balaban J connectivity index is 3.16. The van der Waals surface area contributed by atoms with Gasteiger partial charge in [0.05, 0.1) is 5.41 Å². The molecule has 2 atom stereocenters. The molecule has 0 saturated heterocycles. The maximum absolute atomic E-state index is 11.9. The van der Waals surface area contributed by atoms with Gasteiger partial charge in [0.2, 0.25) is 0 Å². The molecule has 0 bridgehead atoms. The van der Waals surface area contributed by atoms with Crippen molar-refractivity contribution in [1.82, 2.24) is 0 Å². The fourth-order valence-corrected chi connectivity index (χ4v) is 3.14. The minimum Gasteiger partial charge on any atom is -0.481 e. The summed E-state index contributed by atoms with van der Waals surface area (Å²) in [5.41, 5.74) is 0.454. The second kappa shape index (κ2) is 6.90. The van der Waals surface area contributed by atoms with Gasteiger partial charge in [-0.25, -0.2) is 0 Å². The van der Waals surface area contributed by atoms with Gasteiger partial charge in [0.25, 0.3) is 0 Å². The minimum atomic E-state index is -0.794. The highest BCUT2D eigenvalue weighted by atomic mass is 16.5. The summed E-state index contributed by atoms with van der Waals surface area (Å²) in [6.45, 7) is 6.71. The third kappa shape index (κ3) is 3.08. The van der Waals surface area contributed by atoms with Gasteiger partial charge in [-0.05, 0) is 18.8 Å². The molecule has 0 aromatic carbocycles. The van der Waals surface area contributed by atoms with Gasteiger partial charge in [-0.1, -0.05) is 51.0 Å². The molecule has 0 fully saturated rings. The molecule has 3 heteroatoms. The zero-order valence-electron chi connectivity index (χ0n) is 12.5. The van der Waals surface area contributed by atoms with E-state index in [0.29, 0.717) is 6.61 Å². The normalized spacial score (nSPS) is 26.6. The monoisotopic (exact) mass is 266 g/mol. The molecule has 108 valence electrons. The van der Waals surface area contributed by atoms with Crippen molar-refractivity contribution < 1.29 is 14.6 Å². The maximum Gasteiger partial charge on any atom is 0.314 e. The van der Waals surface area contributed by atoms with Crippen molar-refractivity contribution in [3.8, 4) is 0 Å². The Morgan fingerprint density at radius 3 is 2.68 bits per heavy atom. The number of methoxy groups -OCH3 is 1. The first kappa shape index (κ1) is 16.0. The van der Waals surface area contributed by atoms with E-state index < -0.39 is 11.4 Å². The van der Waals surface area contributed by atoms with E-state index in [0.717, 1.165) is 19.3 Å². The highest BCUT2D eigenvalue weighted by Gasteiger charge is 2.48. The van der Waals surface area contributed by atoms with Gasteiger partial charge < -0.3 is 9.84 Å². The van der Waals surface area contributed by atoms with E-state index in [-0.39, 0.29) is 11.8 Å². The second-order valence-corrected chi connectivity index (χ2v) is 5.58. The fourth-order valence-electron chi connectivity index (χ4n) is 3.14. The van der Waals surface area contributed by atoms with Crippen molar-refractivity contribution in [2.45, 2.75) is 40.0 Å². The molecular weight excluding hydrogens is 240 g/mol. The zero-order chi connectivity index (χ0) is 14.5. The van der Waals surface area contributed by atoms with E-state index in [9.17, 15) is 9.90 Å². The standard InChI is InChI=1S/C16H26O3/c1-5-7-13-8-6-10-16(12(2)3,15(17)18)14(13)9-11-19-4/h6,8,10,12,14H,5,7,9,11H2,1-4H3,(H,17,18). The molecule has 0 aliphatic heterocycles. The first-order valence-electron chi connectivity index (χ1n) is 7.11. The average Bonchev–Trinajstić information content (AvgIpc) is 2.36. The van der Waals surface area contributed by atoms with Gasteiger partial charge in [0, 0.05) is 19.6 Å². The highest BCUT2D eigenvalue weighted by Crippen LogP contribution is 2.47. The Morgan fingerprint density at radius 2 is 2.21 bits per heavy atom. The lowest BCUT2D eigenvalue weighted by Gasteiger charge is -2.41. The van der Waals surface area contributed by atoms with Crippen molar-refractivity contribution in [2.75, 3.05) is 13.7 Å². The molecule has 19 heavy (non-hydrogen) atoms. The molecule has 2 unspecified atom stereocenters. The van der Waals surface area contributed by atoms with Gasteiger partial charge in [0.1, 0.15) is 0 Å². The van der Waals surface area contributed by atoms with Crippen LogP contribution in [-0.4, -0.2) is 24.8 Å². The van der Waals surface area contributed by atoms with Crippen LogP contribution in [0, 0.1) is 17.3 Å². The Bertz CT molecular complexity index is 368. The van der Waals surface area contributed by atoms with Gasteiger partial charge in [0.15, 0.2) is 0 Å². The number of carbonyl (C=O) groups is 1. The molecule has 0 aromatic rings. The molecule has 0 spiro atoms. The second-order valence-electron chi connectivity index (χ2n) is 5.58. The summed E-state index contributed by atoms with van der Waals surface area (Å²) in [7, 11) is 1.67. The van der Waals surface area contributed by atoms with Crippen LogP contribution in [0.15, 0.2) is 23.8 Å². The van der Waals surface area contributed by atoms with Crippen LogP contribution in [0.2, 0.25) is 0 Å². The van der Waals surface area contributed by atoms with Crippen LogP contribution in [0.25, 0.3) is 0 Å². The Labute approximate surface area is 116 Å². The van der Waals surface area contributed by atoms with E-state index in [1.54, 1.807) is 7.11 Å². The van der Waals surface area contributed by atoms with E-state index >= 15 is 0 Å².